The Labute approximate surface area is 136 Å². The third-order valence-electron chi connectivity index (χ3n) is 3.02. The lowest BCUT2D eigenvalue weighted by molar-refractivity contribution is 0.102. The molecule has 0 saturated heterocycles. The van der Waals surface area contributed by atoms with Crippen LogP contribution >= 0.6 is 15.9 Å². The van der Waals surface area contributed by atoms with E-state index in [0.29, 0.717) is 16.1 Å². The zero-order valence-corrected chi connectivity index (χ0v) is 13.1. The van der Waals surface area contributed by atoms with Gasteiger partial charge in [-0.15, -0.1) is 0 Å². The van der Waals surface area contributed by atoms with Crippen molar-refractivity contribution in [3.8, 4) is 0 Å². The summed E-state index contributed by atoms with van der Waals surface area (Å²) in [4.78, 5) is 12.0. The van der Waals surface area contributed by atoms with E-state index in [1.54, 1.807) is 12.1 Å². The number of hydrogen-bond donors (Lipinski definition) is 2. The molecule has 0 unspecified atom stereocenters. The minimum atomic E-state index is -0.128. The Hall–Kier alpha value is -2.53. The maximum Gasteiger partial charge on any atom is 0.255 e. The largest absolute Gasteiger partial charge is 0.434 e. The number of hydrogen-bond acceptors (Lipinski definition) is 3. The fourth-order valence-electron chi connectivity index (χ4n) is 1.95. The Kier molecular flexibility index (Phi) is 4.25. The van der Waals surface area contributed by atoms with Gasteiger partial charge in [0.05, 0.1) is 0 Å². The molecule has 0 atom stereocenters. The maximum atomic E-state index is 12.0. The zero-order valence-electron chi connectivity index (χ0n) is 11.5. The molecule has 1 amide bonds. The predicted octanol–water partition coefficient (Wildman–Crippen LogP) is 5.04. The van der Waals surface area contributed by atoms with Crippen LogP contribution in [-0.2, 0) is 0 Å². The first kappa shape index (κ1) is 14.4. The molecule has 1 heterocycles. The van der Waals surface area contributed by atoms with Gasteiger partial charge < -0.3 is 15.1 Å². The van der Waals surface area contributed by atoms with Gasteiger partial charge in [0.2, 0.25) is 0 Å². The lowest BCUT2D eigenvalue weighted by atomic mass is 10.2. The number of carbonyl (C=O) groups is 1. The quantitative estimate of drug-likeness (QED) is 0.688. The molecule has 0 saturated carbocycles. The summed E-state index contributed by atoms with van der Waals surface area (Å²) in [5.74, 6) is 0.518. The van der Waals surface area contributed by atoms with Gasteiger partial charge in [0.1, 0.15) is 0 Å². The Morgan fingerprint density at radius 2 is 1.55 bits per heavy atom. The molecule has 22 heavy (non-hydrogen) atoms. The standard InChI is InChI=1S/C17H13BrN2O2/c18-15-10-11-16(22-15)19-13-6-8-14(9-7-13)20-17(21)12-4-2-1-3-5-12/h1-11,19H,(H,20,21). The van der Waals surface area contributed by atoms with Gasteiger partial charge in [0.15, 0.2) is 10.6 Å². The van der Waals surface area contributed by atoms with E-state index >= 15 is 0 Å². The van der Waals surface area contributed by atoms with Crippen molar-refractivity contribution in [2.45, 2.75) is 0 Å². The van der Waals surface area contributed by atoms with Gasteiger partial charge in [0.25, 0.3) is 5.91 Å². The summed E-state index contributed by atoms with van der Waals surface area (Å²) in [6.45, 7) is 0. The van der Waals surface area contributed by atoms with E-state index in [-0.39, 0.29) is 5.91 Å². The van der Waals surface area contributed by atoms with Crippen molar-refractivity contribution < 1.29 is 9.21 Å². The van der Waals surface area contributed by atoms with Crippen LogP contribution < -0.4 is 10.6 Å². The molecular weight excluding hydrogens is 344 g/mol. The van der Waals surface area contributed by atoms with Gasteiger partial charge in [-0.25, -0.2) is 0 Å². The molecule has 0 fully saturated rings. The van der Waals surface area contributed by atoms with E-state index in [1.807, 2.05) is 54.6 Å². The zero-order chi connectivity index (χ0) is 15.4. The molecule has 0 bridgehead atoms. The number of halogens is 1. The number of amides is 1. The number of nitrogens with one attached hydrogen (secondary N) is 2. The Morgan fingerprint density at radius 3 is 2.18 bits per heavy atom. The summed E-state index contributed by atoms with van der Waals surface area (Å²) in [5, 5.41) is 5.98. The minimum Gasteiger partial charge on any atom is -0.434 e. The average molecular weight is 357 g/mol. The highest BCUT2D eigenvalue weighted by Gasteiger charge is 2.05. The topological polar surface area (TPSA) is 54.3 Å². The van der Waals surface area contributed by atoms with Crippen LogP contribution in [0, 0.1) is 0 Å². The Morgan fingerprint density at radius 1 is 0.864 bits per heavy atom. The minimum absolute atomic E-state index is 0.128. The molecule has 2 N–H and O–H groups in total. The van der Waals surface area contributed by atoms with E-state index in [0.717, 1.165) is 11.4 Å². The van der Waals surface area contributed by atoms with Gasteiger partial charge >= 0.3 is 0 Å². The van der Waals surface area contributed by atoms with E-state index < -0.39 is 0 Å². The molecule has 4 nitrogen and oxygen atoms in total. The van der Waals surface area contributed by atoms with Crippen LogP contribution in [0.5, 0.6) is 0 Å². The Bertz CT molecular complexity index is 767. The number of rotatable bonds is 4. The van der Waals surface area contributed by atoms with Crippen LogP contribution in [0.2, 0.25) is 0 Å². The molecule has 3 aromatic rings. The highest BCUT2D eigenvalue weighted by atomic mass is 79.9. The third kappa shape index (κ3) is 3.56. The lowest BCUT2D eigenvalue weighted by Gasteiger charge is -2.07. The van der Waals surface area contributed by atoms with Gasteiger partial charge in [0, 0.05) is 23.0 Å². The molecule has 0 radical (unpaired) electrons. The highest BCUT2D eigenvalue weighted by Crippen LogP contribution is 2.23. The second kappa shape index (κ2) is 6.49. The summed E-state index contributed by atoms with van der Waals surface area (Å²) >= 11 is 3.25. The van der Waals surface area contributed by atoms with Crippen LogP contribution in [0.1, 0.15) is 10.4 Å². The molecule has 0 aliphatic heterocycles. The Balaban J connectivity index is 1.65. The van der Waals surface area contributed by atoms with E-state index in [9.17, 15) is 4.79 Å². The summed E-state index contributed by atoms with van der Waals surface area (Å²) in [6, 6.07) is 20.2. The molecule has 2 aromatic carbocycles. The van der Waals surface area contributed by atoms with E-state index in [4.69, 9.17) is 4.42 Å². The number of anilines is 3. The van der Waals surface area contributed by atoms with E-state index in [1.165, 1.54) is 0 Å². The van der Waals surface area contributed by atoms with Gasteiger partial charge in [-0.1, -0.05) is 18.2 Å². The second-order valence-corrected chi connectivity index (χ2v) is 5.41. The van der Waals surface area contributed by atoms with Gasteiger partial charge in [-0.2, -0.15) is 0 Å². The summed E-state index contributed by atoms with van der Waals surface area (Å²) in [5.41, 5.74) is 2.24. The molecule has 0 aliphatic carbocycles. The van der Waals surface area contributed by atoms with Crippen molar-refractivity contribution in [2.75, 3.05) is 10.6 Å². The van der Waals surface area contributed by atoms with Crippen molar-refractivity contribution >= 4 is 39.1 Å². The van der Waals surface area contributed by atoms with Crippen molar-refractivity contribution in [1.29, 1.82) is 0 Å². The molecule has 3 rings (SSSR count). The average Bonchev–Trinajstić information content (AvgIpc) is 2.95. The summed E-state index contributed by atoms with van der Waals surface area (Å²) < 4.78 is 6.04. The van der Waals surface area contributed by atoms with Crippen LogP contribution in [0.3, 0.4) is 0 Å². The monoisotopic (exact) mass is 356 g/mol. The number of carbonyl (C=O) groups excluding carboxylic acids is 1. The summed E-state index contributed by atoms with van der Waals surface area (Å²) in [7, 11) is 0. The normalized spacial score (nSPS) is 10.2. The fourth-order valence-corrected chi connectivity index (χ4v) is 2.26. The van der Waals surface area contributed by atoms with Crippen LogP contribution in [0.25, 0.3) is 0 Å². The molecular formula is C17H13BrN2O2. The smallest absolute Gasteiger partial charge is 0.255 e. The van der Waals surface area contributed by atoms with Crippen LogP contribution in [0.15, 0.2) is 75.8 Å². The highest BCUT2D eigenvalue weighted by molar-refractivity contribution is 9.10. The lowest BCUT2D eigenvalue weighted by Crippen LogP contribution is -2.11. The van der Waals surface area contributed by atoms with Crippen molar-refractivity contribution in [2.24, 2.45) is 0 Å². The first-order valence-electron chi connectivity index (χ1n) is 6.69. The molecule has 5 heteroatoms. The second-order valence-electron chi connectivity index (χ2n) is 4.63. The van der Waals surface area contributed by atoms with E-state index in [2.05, 4.69) is 26.6 Å². The molecule has 0 spiro atoms. The van der Waals surface area contributed by atoms with Gasteiger partial charge in [-0.05, 0) is 58.4 Å². The van der Waals surface area contributed by atoms with Crippen molar-refractivity contribution in [3.05, 3.63) is 77.0 Å². The molecule has 1 aromatic heterocycles. The van der Waals surface area contributed by atoms with Crippen LogP contribution in [0.4, 0.5) is 17.3 Å². The van der Waals surface area contributed by atoms with Crippen LogP contribution in [-0.4, -0.2) is 5.91 Å². The molecule has 0 aliphatic rings. The first-order chi connectivity index (χ1) is 10.7. The number of furan rings is 1. The van der Waals surface area contributed by atoms with Crippen molar-refractivity contribution in [3.63, 3.8) is 0 Å². The fraction of sp³-hybridized carbons (Fsp3) is 0. The summed E-state index contributed by atoms with van der Waals surface area (Å²) in [6.07, 6.45) is 0. The SMILES string of the molecule is O=C(Nc1ccc(Nc2ccc(Br)o2)cc1)c1ccccc1. The molecule has 110 valence electrons. The third-order valence-corrected chi connectivity index (χ3v) is 3.45. The predicted molar refractivity (Wildman–Crippen MR) is 90.5 cm³/mol. The van der Waals surface area contributed by atoms with Crippen molar-refractivity contribution in [1.82, 2.24) is 0 Å². The number of benzene rings is 2. The maximum absolute atomic E-state index is 12.0. The van der Waals surface area contributed by atoms with Gasteiger partial charge in [-0.3, -0.25) is 4.79 Å². The first-order valence-corrected chi connectivity index (χ1v) is 7.49.